The number of H-pyrrole nitrogens is 2. The molecule has 3 rings (SSSR count). The molecule has 148 valence electrons. The lowest BCUT2D eigenvalue weighted by Crippen LogP contribution is -2.27. The Balaban J connectivity index is 2.11. The smallest absolute Gasteiger partial charge is 0.276 e. The van der Waals surface area contributed by atoms with Crippen LogP contribution in [0.2, 0.25) is 5.02 Å². The summed E-state index contributed by atoms with van der Waals surface area (Å²) in [6, 6.07) is 7.30. The molecular formula is C19H21ClN4O2S2. The molecule has 0 radical (unpaired) electrons. The number of rotatable bonds is 4. The molecule has 28 heavy (non-hydrogen) atoms. The van der Waals surface area contributed by atoms with Gasteiger partial charge in [0.25, 0.3) is 5.56 Å². The second-order valence-electron chi connectivity index (χ2n) is 7.42. The first kappa shape index (κ1) is 20.9. The lowest BCUT2D eigenvalue weighted by Gasteiger charge is -2.19. The summed E-state index contributed by atoms with van der Waals surface area (Å²) in [5.74, 6) is 0. The SMILES string of the molecule is CC(=N[S@@+]([O-])C(C)(C)C)c1cc(Cl)ccc1Cn1c(=S)[nH]c(=O)c2[nH]ccc21. The van der Waals surface area contributed by atoms with Gasteiger partial charge in [0, 0.05) is 16.8 Å². The molecule has 1 atom stereocenters. The van der Waals surface area contributed by atoms with Crippen molar-refractivity contribution in [2.24, 2.45) is 4.40 Å². The molecule has 1 aromatic carbocycles. The zero-order valence-corrected chi connectivity index (χ0v) is 18.4. The first-order valence-corrected chi connectivity index (χ1v) is 10.5. The summed E-state index contributed by atoms with van der Waals surface area (Å²) in [4.78, 5) is 17.7. The predicted octanol–water partition coefficient (Wildman–Crippen LogP) is 4.36. The summed E-state index contributed by atoms with van der Waals surface area (Å²) in [5, 5.41) is 0.562. The molecule has 6 nitrogen and oxygen atoms in total. The normalized spacial score (nSPS) is 13.9. The van der Waals surface area contributed by atoms with Gasteiger partial charge in [-0.05, 0) is 63.7 Å². The molecule has 2 aromatic heterocycles. The van der Waals surface area contributed by atoms with Gasteiger partial charge in [0.05, 0.1) is 17.8 Å². The maximum absolute atomic E-state index is 12.5. The largest absolute Gasteiger partial charge is 0.591 e. The van der Waals surface area contributed by atoms with Crippen molar-refractivity contribution >= 4 is 51.9 Å². The van der Waals surface area contributed by atoms with E-state index in [4.69, 9.17) is 23.8 Å². The van der Waals surface area contributed by atoms with Gasteiger partial charge in [-0.1, -0.05) is 22.1 Å². The molecule has 0 aliphatic heterocycles. The first-order valence-electron chi connectivity index (χ1n) is 8.64. The highest BCUT2D eigenvalue weighted by atomic mass is 35.5. The van der Waals surface area contributed by atoms with Gasteiger partial charge >= 0.3 is 0 Å². The summed E-state index contributed by atoms with van der Waals surface area (Å²) >= 11 is 10.2. The molecule has 0 aliphatic rings. The number of benzene rings is 1. The lowest BCUT2D eigenvalue weighted by molar-refractivity contribution is 0.561. The molecule has 0 bridgehead atoms. The summed E-state index contributed by atoms with van der Waals surface area (Å²) in [6.45, 7) is 7.85. The molecule has 0 saturated carbocycles. The highest BCUT2D eigenvalue weighted by Crippen LogP contribution is 2.23. The average molecular weight is 437 g/mol. The van der Waals surface area contributed by atoms with Gasteiger partial charge in [-0.25, -0.2) is 0 Å². The van der Waals surface area contributed by atoms with Crippen molar-refractivity contribution in [3.63, 3.8) is 0 Å². The molecule has 0 spiro atoms. The maximum atomic E-state index is 12.5. The quantitative estimate of drug-likeness (QED) is 0.361. The van der Waals surface area contributed by atoms with E-state index in [0.29, 0.717) is 33.1 Å². The summed E-state index contributed by atoms with van der Waals surface area (Å²) in [5.41, 5.74) is 3.25. The highest BCUT2D eigenvalue weighted by molar-refractivity contribution is 7.91. The van der Waals surface area contributed by atoms with Crippen LogP contribution >= 0.6 is 23.8 Å². The molecule has 2 N–H and O–H groups in total. The zero-order valence-electron chi connectivity index (χ0n) is 16.0. The molecule has 0 amide bonds. The Bertz CT molecular complexity index is 1170. The molecule has 0 fully saturated rings. The van der Waals surface area contributed by atoms with E-state index in [1.807, 2.05) is 44.4 Å². The van der Waals surface area contributed by atoms with Crippen molar-refractivity contribution in [1.82, 2.24) is 14.5 Å². The van der Waals surface area contributed by atoms with Crippen LogP contribution in [-0.4, -0.2) is 29.5 Å². The number of halogens is 1. The highest BCUT2D eigenvalue weighted by Gasteiger charge is 2.27. The molecule has 9 heteroatoms. The van der Waals surface area contributed by atoms with Crippen LogP contribution in [0, 0.1) is 4.77 Å². The van der Waals surface area contributed by atoms with E-state index in [1.165, 1.54) is 0 Å². The van der Waals surface area contributed by atoms with Crippen molar-refractivity contribution in [2.75, 3.05) is 0 Å². The number of nitrogens with zero attached hydrogens (tertiary/aromatic N) is 2. The fraction of sp³-hybridized carbons (Fsp3) is 0.316. The van der Waals surface area contributed by atoms with Gasteiger partial charge < -0.3 is 14.1 Å². The van der Waals surface area contributed by atoms with Crippen LogP contribution in [0.5, 0.6) is 0 Å². The van der Waals surface area contributed by atoms with E-state index in [9.17, 15) is 9.35 Å². The van der Waals surface area contributed by atoms with E-state index in [-0.39, 0.29) is 5.56 Å². The van der Waals surface area contributed by atoms with Crippen LogP contribution in [0.25, 0.3) is 11.0 Å². The van der Waals surface area contributed by atoms with Crippen LogP contribution in [0.1, 0.15) is 38.8 Å². The molecular weight excluding hydrogens is 416 g/mol. The Morgan fingerprint density at radius 2 is 2.07 bits per heavy atom. The van der Waals surface area contributed by atoms with Crippen LogP contribution in [0.15, 0.2) is 39.7 Å². The van der Waals surface area contributed by atoms with Crippen LogP contribution in [0.3, 0.4) is 0 Å². The second-order valence-corrected chi connectivity index (χ2v) is 10.2. The summed E-state index contributed by atoms with van der Waals surface area (Å²) in [7, 11) is 0. The van der Waals surface area contributed by atoms with Crippen molar-refractivity contribution in [2.45, 2.75) is 39.0 Å². The Kier molecular flexibility index (Phi) is 5.86. The number of hydrogen-bond acceptors (Lipinski definition) is 4. The van der Waals surface area contributed by atoms with E-state index < -0.39 is 16.1 Å². The number of nitrogens with one attached hydrogen (secondary N) is 2. The van der Waals surface area contributed by atoms with E-state index >= 15 is 0 Å². The van der Waals surface area contributed by atoms with Gasteiger partial charge in [0.2, 0.25) is 0 Å². The van der Waals surface area contributed by atoms with Crippen molar-refractivity contribution < 1.29 is 4.55 Å². The maximum Gasteiger partial charge on any atom is 0.276 e. The third-order valence-corrected chi connectivity index (χ3v) is 6.29. The summed E-state index contributed by atoms with van der Waals surface area (Å²) < 4.78 is 18.5. The first-order chi connectivity index (χ1) is 13.1. The Morgan fingerprint density at radius 3 is 2.75 bits per heavy atom. The Hall–Kier alpha value is -1.87. The molecule has 2 heterocycles. The summed E-state index contributed by atoms with van der Waals surface area (Å²) in [6.07, 6.45) is 1.70. The standard InChI is InChI=1S/C19H21ClN4O2S2/c1-11(23-28(26)19(2,3)4)14-9-13(20)6-5-12(14)10-24-15-7-8-21-16(15)17(25)22-18(24)27/h5-9,21H,10H2,1-4H3,(H,22,25,27)/t28-/m0/s1. The predicted molar refractivity (Wildman–Crippen MR) is 118 cm³/mol. The fourth-order valence-electron chi connectivity index (χ4n) is 2.77. The van der Waals surface area contributed by atoms with Gasteiger partial charge in [-0.15, -0.1) is 0 Å². The lowest BCUT2D eigenvalue weighted by atomic mass is 10.0. The van der Waals surface area contributed by atoms with Crippen molar-refractivity contribution in [1.29, 1.82) is 0 Å². The zero-order chi connectivity index (χ0) is 20.6. The molecule has 0 aliphatic carbocycles. The Labute approximate surface area is 176 Å². The topological polar surface area (TPSA) is 89.0 Å². The third-order valence-electron chi connectivity index (χ3n) is 4.24. The Morgan fingerprint density at radius 1 is 1.36 bits per heavy atom. The number of fused-ring (bicyclic) bond motifs is 1. The number of hydrogen-bond donors (Lipinski definition) is 2. The van der Waals surface area contributed by atoms with E-state index in [0.717, 1.165) is 11.1 Å². The second kappa shape index (κ2) is 7.87. The van der Waals surface area contributed by atoms with Gasteiger partial charge in [0.15, 0.2) is 4.77 Å². The fourth-order valence-corrected chi connectivity index (χ4v) is 3.81. The minimum Gasteiger partial charge on any atom is -0.591 e. The minimum absolute atomic E-state index is 0.254. The van der Waals surface area contributed by atoms with Gasteiger partial charge in [-0.3, -0.25) is 9.78 Å². The number of aromatic amines is 2. The van der Waals surface area contributed by atoms with Crippen molar-refractivity contribution in [3.05, 3.63) is 61.7 Å². The van der Waals surface area contributed by atoms with E-state index in [1.54, 1.807) is 18.3 Å². The van der Waals surface area contributed by atoms with Gasteiger partial charge in [0.1, 0.15) is 21.6 Å². The minimum atomic E-state index is -1.39. The molecule has 3 aromatic rings. The monoisotopic (exact) mass is 436 g/mol. The average Bonchev–Trinajstić information content (AvgIpc) is 3.08. The van der Waals surface area contributed by atoms with Crippen LogP contribution in [0.4, 0.5) is 0 Å². The van der Waals surface area contributed by atoms with E-state index in [2.05, 4.69) is 14.4 Å². The third kappa shape index (κ3) is 4.25. The van der Waals surface area contributed by atoms with Crippen LogP contribution in [-0.2, 0) is 17.9 Å². The van der Waals surface area contributed by atoms with Crippen molar-refractivity contribution in [3.8, 4) is 0 Å². The van der Waals surface area contributed by atoms with Crippen LogP contribution < -0.4 is 5.56 Å². The molecule has 0 unspecified atom stereocenters. The number of aromatic nitrogens is 3. The van der Waals surface area contributed by atoms with Gasteiger partial charge in [-0.2, -0.15) is 0 Å². The molecule has 0 saturated heterocycles.